The molecule has 0 spiro atoms. The van der Waals surface area contributed by atoms with Crippen molar-refractivity contribution in [1.82, 2.24) is 9.97 Å². The fourth-order valence-corrected chi connectivity index (χ4v) is 1.43. The highest BCUT2D eigenvalue weighted by Gasteiger charge is 2.28. The monoisotopic (exact) mass is 243 g/mol. The van der Waals surface area contributed by atoms with Gasteiger partial charge in [0.15, 0.2) is 11.6 Å². The highest BCUT2D eigenvalue weighted by Crippen LogP contribution is 2.20. The topological polar surface area (TPSA) is 78.3 Å². The van der Waals surface area contributed by atoms with Gasteiger partial charge in [0.2, 0.25) is 0 Å². The van der Waals surface area contributed by atoms with Crippen LogP contribution in [0.3, 0.4) is 0 Å². The summed E-state index contributed by atoms with van der Waals surface area (Å²) in [5.74, 6) is -0.517. The molecule has 0 saturated heterocycles. The van der Waals surface area contributed by atoms with E-state index in [1.54, 1.807) is 13.8 Å². The summed E-state index contributed by atoms with van der Waals surface area (Å²) >= 11 is 0. The maximum Gasteiger partial charge on any atom is 0.186 e. The van der Waals surface area contributed by atoms with Crippen molar-refractivity contribution in [3.8, 4) is 0 Å². The van der Waals surface area contributed by atoms with Gasteiger partial charge in [-0.15, -0.1) is 0 Å². The van der Waals surface area contributed by atoms with Gasteiger partial charge in [0.25, 0.3) is 0 Å². The molecule has 17 heavy (non-hydrogen) atoms. The molecule has 0 aliphatic rings. The Bertz CT molecular complexity index is 361. The number of nitrogens with one attached hydrogen (secondary N) is 1. The zero-order valence-corrected chi connectivity index (χ0v) is 10.1. The first-order valence-electron chi connectivity index (χ1n) is 5.61. The predicted octanol–water partition coefficient (Wildman–Crippen LogP) is 0.723. The molecule has 0 amide bonds. The van der Waals surface area contributed by atoms with E-state index in [0.29, 0.717) is 18.5 Å². The minimum Gasteiger partial charge on any atom is -0.394 e. The van der Waals surface area contributed by atoms with Gasteiger partial charge in [-0.1, -0.05) is 13.8 Å². The number of aliphatic hydroxyl groups is 2. The molecule has 0 fully saturated rings. The molecule has 0 unspecified atom stereocenters. The maximum absolute atomic E-state index is 13.9. The number of hydrogen-bond donors (Lipinski definition) is 3. The Morgan fingerprint density at radius 2 is 1.94 bits per heavy atom. The number of hydrogen-bond acceptors (Lipinski definition) is 5. The van der Waals surface area contributed by atoms with Crippen LogP contribution >= 0.6 is 0 Å². The van der Waals surface area contributed by atoms with Crippen molar-refractivity contribution < 1.29 is 14.6 Å². The molecular weight excluding hydrogens is 225 g/mol. The molecule has 0 radical (unpaired) electrons. The van der Waals surface area contributed by atoms with E-state index in [1.165, 1.54) is 6.33 Å². The Labute approximate surface area is 99.7 Å². The second-order valence-electron chi connectivity index (χ2n) is 3.91. The number of aromatic nitrogens is 2. The summed E-state index contributed by atoms with van der Waals surface area (Å²) in [6, 6.07) is 0. The van der Waals surface area contributed by atoms with E-state index in [1.807, 2.05) is 0 Å². The number of halogens is 1. The van der Waals surface area contributed by atoms with E-state index in [-0.39, 0.29) is 19.0 Å². The molecule has 1 rings (SSSR count). The lowest BCUT2D eigenvalue weighted by atomic mass is 9.98. The van der Waals surface area contributed by atoms with Crippen LogP contribution in [-0.2, 0) is 6.42 Å². The molecule has 0 aliphatic heterocycles. The van der Waals surface area contributed by atoms with Gasteiger partial charge in [0.1, 0.15) is 6.33 Å². The quantitative estimate of drug-likeness (QED) is 0.686. The van der Waals surface area contributed by atoms with Crippen molar-refractivity contribution in [3.63, 3.8) is 0 Å². The van der Waals surface area contributed by atoms with Crippen LogP contribution in [0.15, 0.2) is 6.33 Å². The first kappa shape index (κ1) is 13.8. The van der Waals surface area contributed by atoms with E-state index < -0.39 is 11.4 Å². The zero-order chi connectivity index (χ0) is 12.9. The summed E-state index contributed by atoms with van der Waals surface area (Å²) in [6.45, 7) is 2.98. The van der Waals surface area contributed by atoms with Crippen LogP contribution < -0.4 is 5.32 Å². The third-order valence-corrected chi connectivity index (χ3v) is 2.86. The summed E-state index contributed by atoms with van der Waals surface area (Å²) in [5.41, 5.74) is -0.649. The van der Waals surface area contributed by atoms with E-state index in [2.05, 4.69) is 15.3 Å². The van der Waals surface area contributed by atoms with Crippen molar-refractivity contribution in [1.29, 1.82) is 0 Å². The summed E-state index contributed by atoms with van der Waals surface area (Å²) in [5, 5.41) is 21.3. The summed E-state index contributed by atoms with van der Waals surface area (Å²) in [4.78, 5) is 7.61. The number of aryl methyl sites for hydroxylation is 1. The average Bonchev–Trinajstić information content (AvgIpc) is 2.38. The third-order valence-electron chi connectivity index (χ3n) is 2.86. The van der Waals surface area contributed by atoms with Crippen molar-refractivity contribution in [2.24, 2.45) is 0 Å². The molecule has 0 atom stereocenters. The van der Waals surface area contributed by atoms with Crippen LogP contribution in [0.5, 0.6) is 0 Å². The lowest BCUT2D eigenvalue weighted by Gasteiger charge is -2.30. The SMILES string of the molecule is CCc1ncnc(NC(CC)(CO)CO)c1F. The van der Waals surface area contributed by atoms with Gasteiger partial charge in [0, 0.05) is 0 Å². The first-order chi connectivity index (χ1) is 8.12. The molecular formula is C11H18FN3O2. The molecule has 0 aliphatic carbocycles. The van der Waals surface area contributed by atoms with Gasteiger partial charge >= 0.3 is 0 Å². The van der Waals surface area contributed by atoms with Crippen LogP contribution in [-0.4, -0.2) is 38.9 Å². The van der Waals surface area contributed by atoms with E-state index in [4.69, 9.17) is 0 Å². The smallest absolute Gasteiger partial charge is 0.186 e. The van der Waals surface area contributed by atoms with Gasteiger partial charge in [-0.3, -0.25) is 0 Å². The molecule has 6 heteroatoms. The minimum absolute atomic E-state index is 0.0156. The highest BCUT2D eigenvalue weighted by molar-refractivity contribution is 5.40. The standard InChI is InChI=1S/C11H18FN3O2/c1-3-8-9(12)10(14-7-13-8)15-11(4-2,5-16)6-17/h7,16-17H,3-6H2,1-2H3,(H,13,14,15). The van der Waals surface area contributed by atoms with Crippen molar-refractivity contribution in [2.45, 2.75) is 32.2 Å². The molecule has 3 N–H and O–H groups in total. The predicted molar refractivity (Wildman–Crippen MR) is 62.2 cm³/mol. The Balaban J connectivity index is 3.01. The van der Waals surface area contributed by atoms with Gasteiger partial charge in [-0.05, 0) is 12.8 Å². The van der Waals surface area contributed by atoms with Crippen LogP contribution in [0, 0.1) is 5.82 Å². The van der Waals surface area contributed by atoms with Crippen LogP contribution in [0.2, 0.25) is 0 Å². The molecule has 0 saturated carbocycles. The van der Waals surface area contributed by atoms with Gasteiger partial charge in [0.05, 0.1) is 24.4 Å². The number of aliphatic hydroxyl groups excluding tert-OH is 2. The molecule has 0 aromatic carbocycles. The first-order valence-corrected chi connectivity index (χ1v) is 5.61. The van der Waals surface area contributed by atoms with E-state index in [0.717, 1.165) is 0 Å². The average molecular weight is 243 g/mol. The lowest BCUT2D eigenvalue weighted by Crippen LogP contribution is -2.45. The number of anilines is 1. The Morgan fingerprint density at radius 3 is 2.41 bits per heavy atom. The Hall–Kier alpha value is -1.27. The van der Waals surface area contributed by atoms with Crippen LogP contribution in [0.25, 0.3) is 0 Å². The Morgan fingerprint density at radius 1 is 1.29 bits per heavy atom. The van der Waals surface area contributed by atoms with Gasteiger partial charge in [-0.2, -0.15) is 0 Å². The second-order valence-corrected chi connectivity index (χ2v) is 3.91. The molecule has 1 heterocycles. The van der Waals surface area contributed by atoms with Crippen molar-refractivity contribution in [2.75, 3.05) is 18.5 Å². The summed E-state index contributed by atoms with van der Waals surface area (Å²) in [7, 11) is 0. The molecule has 5 nitrogen and oxygen atoms in total. The van der Waals surface area contributed by atoms with E-state index in [9.17, 15) is 14.6 Å². The van der Waals surface area contributed by atoms with Crippen molar-refractivity contribution in [3.05, 3.63) is 17.8 Å². The number of rotatable bonds is 6. The van der Waals surface area contributed by atoms with Gasteiger partial charge < -0.3 is 15.5 Å². The van der Waals surface area contributed by atoms with Crippen LogP contribution in [0.1, 0.15) is 26.0 Å². The minimum atomic E-state index is -0.958. The molecule has 0 bridgehead atoms. The van der Waals surface area contributed by atoms with Crippen molar-refractivity contribution >= 4 is 5.82 Å². The largest absolute Gasteiger partial charge is 0.394 e. The third kappa shape index (κ3) is 2.89. The van der Waals surface area contributed by atoms with E-state index >= 15 is 0 Å². The number of nitrogens with zero attached hydrogens (tertiary/aromatic N) is 2. The van der Waals surface area contributed by atoms with Crippen LogP contribution in [0.4, 0.5) is 10.2 Å². The zero-order valence-electron chi connectivity index (χ0n) is 10.1. The lowest BCUT2D eigenvalue weighted by molar-refractivity contribution is 0.132. The molecule has 96 valence electrons. The van der Waals surface area contributed by atoms with Gasteiger partial charge in [-0.25, -0.2) is 14.4 Å². The fraction of sp³-hybridized carbons (Fsp3) is 0.636. The maximum atomic E-state index is 13.9. The summed E-state index contributed by atoms with van der Waals surface area (Å²) < 4.78 is 13.9. The second kappa shape index (κ2) is 5.88. The fourth-order valence-electron chi connectivity index (χ4n) is 1.43. The normalized spacial score (nSPS) is 11.6. The summed E-state index contributed by atoms with van der Waals surface area (Å²) in [6.07, 6.45) is 2.17. The molecule has 1 aromatic heterocycles. The highest BCUT2D eigenvalue weighted by atomic mass is 19.1. The molecule has 1 aromatic rings. The Kier molecular flexibility index (Phi) is 4.77.